The molecule has 0 spiro atoms. The Hall–Kier alpha value is -0.860. The third-order valence-electron chi connectivity index (χ3n) is 3.44. The maximum atomic E-state index is 3.72. The van der Waals surface area contributed by atoms with Gasteiger partial charge < -0.3 is 0 Å². The number of thiophene rings is 1. The maximum Gasteiger partial charge on any atom is 0.0319 e. The number of hydrogen-bond acceptors (Lipinski definition) is 1. The van der Waals surface area contributed by atoms with Crippen LogP contribution in [0.4, 0.5) is 0 Å². The zero-order valence-corrected chi connectivity index (χ0v) is 13.0. The molecule has 2 aliphatic rings. The van der Waals surface area contributed by atoms with Gasteiger partial charge in [0.25, 0.3) is 0 Å². The van der Waals surface area contributed by atoms with E-state index in [0.29, 0.717) is 0 Å². The molecule has 0 unspecified atom stereocenters. The van der Waals surface area contributed by atoms with E-state index in [1.165, 1.54) is 37.2 Å². The lowest BCUT2D eigenvalue weighted by Crippen LogP contribution is -1.85. The molecule has 3 rings (SSSR count). The molecule has 1 aromatic rings. The Kier molecular flexibility index (Phi) is 3.16. The minimum Gasteiger partial charge on any atom is -0.144 e. The summed E-state index contributed by atoms with van der Waals surface area (Å²) in [5.74, 6) is 0. The first-order valence-electron chi connectivity index (χ1n) is 6.16. The van der Waals surface area contributed by atoms with Crippen molar-refractivity contribution in [2.24, 2.45) is 0 Å². The van der Waals surface area contributed by atoms with Gasteiger partial charge in [-0.2, -0.15) is 0 Å². The van der Waals surface area contributed by atoms with Crippen LogP contribution in [0.3, 0.4) is 0 Å². The lowest BCUT2D eigenvalue weighted by atomic mass is 10.0. The van der Waals surface area contributed by atoms with E-state index >= 15 is 0 Å². The molecule has 0 saturated carbocycles. The van der Waals surface area contributed by atoms with Crippen molar-refractivity contribution in [1.82, 2.24) is 0 Å². The van der Waals surface area contributed by atoms with Crippen LogP contribution < -0.4 is 0 Å². The minimum absolute atomic E-state index is 1.06. The van der Waals surface area contributed by atoms with Crippen molar-refractivity contribution in [3.05, 3.63) is 61.3 Å². The molecular formula is C16H15BrS. The van der Waals surface area contributed by atoms with E-state index in [0.717, 1.165) is 12.8 Å². The molecule has 0 aliphatic heterocycles. The van der Waals surface area contributed by atoms with Gasteiger partial charge in [-0.3, -0.25) is 0 Å². The van der Waals surface area contributed by atoms with Crippen LogP contribution in [0.2, 0.25) is 0 Å². The fourth-order valence-electron chi connectivity index (χ4n) is 2.45. The van der Waals surface area contributed by atoms with Crippen LogP contribution in [-0.2, 0) is 0 Å². The molecule has 0 bridgehead atoms. The first-order chi connectivity index (χ1) is 8.63. The van der Waals surface area contributed by atoms with Crippen LogP contribution in [0, 0.1) is 6.92 Å². The van der Waals surface area contributed by atoms with Gasteiger partial charge in [-0.05, 0) is 60.1 Å². The molecule has 0 radical (unpaired) electrons. The predicted octanol–water partition coefficient (Wildman–Crippen LogP) is 5.77. The van der Waals surface area contributed by atoms with Gasteiger partial charge in [-0.1, -0.05) is 33.7 Å². The second-order valence-corrected chi connectivity index (χ2v) is 6.75. The molecule has 1 aromatic heterocycles. The summed E-state index contributed by atoms with van der Waals surface area (Å²) in [5.41, 5.74) is 7.13. The zero-order valence-electron chi connectivity index (χ0n) is 10.6. The third kappa shape index (κ3) is 2.19. The molecule has 2 aliphatic carbocycles. The Labute approximate surface area is 121 Å². The summed E-state index contributed by atoms with van der Waals surface area (Å²) in [7, 11) is 0. The highest BCUT2D eigenvalue weighted by Gasteiger charge is 2.20. The first-order valence-corrected chi connectivity index (χ1v) is 7.83. The fourth-order valence-corrected chi connectivity index (χ4v) is 4.17. The molecule has 0 amide bonds. The highest BCUT2D eigenvalue weighted by atomic mass is 79.9. The molecule has 2 heteroatoms. The third-order valence-corrected chi connectivity index (χ3v) is 5.26. The van der Waals surface area contributed by atoms with E-state index in [9.17, 15) is 0 Å². The summed E-state index contributed by atoms with van der Waals surface area (Å²) >= 11 is 5.56. The van der Waals surface area contributed by atoms with Crippen molar-refractivity contribution in [2.45, 2.75) is 26.7 Å². The Morgan fingerprint density at radius 2 is 2.00 bits per heavy atom. The molecule has 0 fully saturated rings. The van der Waals surface area contributed by atoms with E-state index in [-0.39, 0.29) is 0 Å². The Morgan fingerprint density at radius 1 is 1.17 bits per heavy atom. The van der Waals surface area contributed by atoms with Gasteiger partial charge in [0.1, 0.15) is 0 Å². The maximum absolute atomic E-state index is 3.72. The van der Waals surface area contributed by atoms with Crippen LogP contribution in [0.25, 0.3) is 5.57 Å². The highest BCUT2D eigenvalue weighted by Crippen LogP contribution is 2.42. The molecule has 0 nitrogen and oxygen atoms in total. The number of aryl methyl sites for hydroxylation is 1. The molecule has 92 valence electrons. The molecule has 0 saturated heterocycles. The van der Waals surface area contributed by atoms with Gasteiger partial charge in [0.15, 0.2) is 0 Å². The number of halogens is 1. The standard InChI is InChI=1S/C16H15BrS/c1-10-3-4-12(5-10)13-7-14(15(17)8-13)16-6-11(2)9-18-16/h3,5-6,8-9H,4,7H2,1-2H3. The summed E-state index contributed by atoms with van der Waals surface area (Å²) in [6, 6.07) is 2.28. The van der Waals surface area contributed by atoms with Crippen LogP contribution in [0.15, 0.2) is 50.9 Å². The van der Waals surface area contributed by atoms with Crippen LogP contribution in [0.1, 0.15) is 30.2 Å². The van der Waals surface area contributed by atoms with E-state index in [4.69, 9.17) is 0 Å². The summed E-state index contributed by atoms with van der Waals surface area (Å²) in [4.78, 5) is 1.40. The number of allylic oxidation sites excluding steroid dienone is 8. The Bertz CT molecular complexity index is 623. The smallest absolute Gasteiger partial charge is 0.0319 e. The van der Waals surface area contributed by atoms with Gasteiger partial charge in [0, 0.05) is 15.8 Å². The number of rotatable bonds is 2. The average molecular weight is 319 g/mol. The second-order valence-electron chi connectivity index (χ2n) is 4.98. The highest BCUT2D eigenvalue weighted by molar-refractivity contribution is 9.12. The van der Waals surface area contributed by atoms with Crippen molar-refractivity contribution >= 4 is 32.8 Å². The molecule has 18 heavy (non-hydrogen) atoms. The lowest BCUT2D eigenvalue weighted by Gasteiger charge is -2.04. The van der Waals surface area contributed by atoms with Crippen LogP contribution in [0.5, 0.6) is 0 Å². The predicted molar refractivity (Wildman–Crippen MR) is 84.1 cm³/mol. The Morgan fingerprint density at radius 3 is 2.61 bits per heavy atom. The van der Waals surface area contributed by atoms with Crippen LogP contribution in [-0.4, -0.2) is 0 Å². The van der Waals surface area contributed by atoms with Gasteiger partial charge in [0.05, 0.1) is 0 Å². The van der Waals surface area contributed by atoms with Gasteiger partial charge in [0.2, 0.25) is 0 Å². The normalized spacial score (nSPS) is 19.2. The monoisotopic (exact) mass is 318 g/mol. The zero-order chi connectivity index (χ0) is 12.7. The van der Waals surface area contributed by atoms with Crippen molar-refractivity contribution in [1.29, 1.82) is 0 Å². The van der Waals surface area contributed by atoms with Gasteiger partial charge >= 0.3 is 0 Å². The summed E-state index contributed by atoms with van der Waals surface area (Å²) in [6.45, 7) is 4.33. The van der Waals surface area contributed by atoms with E-state index in [2.05, 4.69) is 59.5 Å². The van der Waals surface area contributed by atoms with Crippen molar-refractivity contribution in [3.8, 4) is 0 Å². The van der Waals surface area contributed by atoms with E-state index < -0.39 is 0 Å². The van der Waals surface area contributed by atoms with Crippen molar-refractivity contribution < 1.29 is 0 Å². The quantitative estimate of drug-likeness (QED) is 0.649. The topological polar surface area (TPSA) is 0 Å². The SMILES string of the molecule is CC1=CCC(C2=CC(Br)=C(c3cc(C)cs3)C2)=C1. The summed E-state index contributed by atoms with van der Waals surface area (Å²) < 4.78 is 1.25. The molecule has 0 atom stereocenters. The summed E-state index contributed by atoms with van der Waals surface area (Å²) in [6.07, 6.45) is 9.07. The fraction of sp³-hybridized carbons (Fsp3) is 0.250. The van der Waals surface area contributed by atoms with Gasteiger partial charge in [-0.15, -0.1) is 11.3 Å². The van der Waals surface area contributed by atoms with Gasteiger partial charge in [-0.25, -0.2) is 0 Å². The van der Waals surface area contributed by atoms with Crippen molar-refractivity contribution in [2.75, 3.05) is 0 Å². The second kappa shape index (κ2) is 4.67. The molecule has 1 heterocycles. The van der Waals surface area contributed by atoms with E-state index in [1.807, 2.05) is 11.3 Å². The largest absolute Gasteiger partial charge is 0.144 e. The lowest BCUT2D eigenvalue weighted by molar-refractivity contribution is 1.19. The Balaban J connectivity index is 1.83. The molecular weight excluding hydrogens is 304 g/mol. The van der Waals surface area contributed by atoms with Crippen LogP contribution >= 0.6 is 27.3 Å². The number of hydrogen-bond donors (Lipinski definition) is 0. The van der Waals surface area contributed by atoms with Crippen molar-refractivity contribution in [3.63, 3.8) is 0 Å². The average Bonchev–Trinajstić information content (AvgIpc) is 2.99. The molecule has 0 N–H and O–H groups in total. The van der Waals surface area contributed by atoms with E-state index in [1.54, 1.807) is 0 Å². The first kappa shape index (κ1) is 12.2. The minimum atomic E-state index is 1.06. The summed E-state index contributed by atoms with van der Waals surface area (Å²) in [5, 5.41) is 2.22. The molecule has 0 aromatic carbocycles.